The molecule has 136 valence electrons. The Morgan fingerprint density at radius 1 is 1.27 bits per heavy atom. The van der Waals surface area contributed by atoms with Crippen LogP contribution >= 0.6 is 23.6 Å². The number of nitrogens with one attached hydrogen (secondary N) is 1. The minimum Gasteiger partial charge on any atom is -0.413 e. The number of aromatic nitrogens is 5. The maximum atomic E-state index is 5.65. The monoisotopic (exact) mass is 390 g/mol. The predicted octanol–water partition coefficient (Wildman–Crippen LogP) is 0.714. The molecule has 4 heterocycles. The van der Waals surface area contributed by atoms with Crippen LogP contribution in [0.5, 0.6) is 0 Å². The fourth-order valence-electron chi connectivity index (χ4n) is 3.01. The van der Waals surface area contributed by atoms with Gasteiger partial charge in [-0.3, -0.25) is 0 Å². The SMILES string of the molecule is Cc1nc(Cc2nn(C[NH+]3CCN(c4ncccn4)CC3)c(=S)o2)cs1. The van der Waals surface area contributed by atoms with E-state index in [2.05, 4.69) is 25.0 Å². The van der Waals surface area contributed by atoms with E-state index in [0.29, 0.717) is 23.8 Å². The van der Waals surface area contributed by atoms with Crippen molar-refractivity contribution >= 4 is 29.5 Å². The number of hydrogen-bond donors (Lipinski definition) is 1. The van der Waals surface area contributed by atoms with Crippen molar-refractivity contribution in [1.29, 1.82) is 0 Å². The van der Waals surface area contributed by atoms with E-state index in [9.17, 15) is 0 Å². The molecule has 1 saturated heterocycles. The van der Waals surface area contributed by atoms with Crippen LogP contribution in [0.25, 0.3) is 0 Å². The minimum atomic E-state index is 0.424. The highest BCUT2D eigenvalue weighted by Gasteiger charge is 2.22. The van der Waals surface area contributed by atoms with E-state index in [1.165, 1.54) is 4.90 Å². The molecule has 0 aromatic carbocycles. The lowest BCUT2D eigenvalue weighted by Gasteiger charge is -2.31. The summed E-state index contributed by atoms with van der Waals surface area (Å²) in [4.78, 5) is 17.1. The van der Waals surface area contributed by atoms with E-state index >= 15 is 0 Å². The van der Waals surface area contributed by atoms with Gasteiger partial charge in [0.1, 0.15) is 0 Å². The van der Waals surface area contributed by atoms with Gasteiger partial charge in [0.2, 0.25) is 11.8 Å². The molecule has 1 aliphatic heterocycles. The van der Waals surface area contributed by atoms with Crippen LogP contribution in [0, 0.1) is 11.8 Å². The van der Waals surface area contributed by atoms with Crippen molar-refractivity contribution in [2.45, 2.75) is 20.0 Å². The number of nitrogens with zero attached hydrogens (tertiary/aromatic N) is 6. The lowest BCUT2D eigenvalue weighted by Crippen LogP contribution is -3.14. The number of aryl methyl sites for hydroxylation is 1. The Morgan fingerprint density at radius 3 is 2.73 bits per heavy atom. The van der Waals surface area contributed by atoms with Crippen LogP contribution in [-0.2, 0) is 13.1 Å². The van der Waals surface area contributed by atoms with Crippen molar-refractivity contribution in [2.75, 3.05) is 31.1 Å². The highest BCUT2D eigenvalue weighted by atomic mass is 32.1. The Morgan fingerprint density at radius 2 is 2.04 bits per heavy atom. The normalized spacial score (nSPS) is 15.5. The van der Waals surface area contributed by atoms with Gasteiger partial charge in [-0.1, -0.05) is 0 Å². The third kappa shape index (κ3) is 3.97. The summed E-state index contributed by atoms with van der Waals surface area (Å²) in [5, 5.41) is 7.61. The predicted molar refractivity (Wildman–Crippen MR) is 99.9 cm³/mol. The Bertz CT molecular complexity index is 912. The molecule has 3 aromatic rings. The fourth-order valence-corrected chi connectivity index (χ4v) is 3.83. The van der Waals surface area contributed by atoms with Gasteiger partial charge in [0.05, 0.1) is 43.3 Å². The van der Waals surface area contributed by atoms with Crippen molar-refractivity contribution in [1.82, 2.24) is 24.7 Å². The average Bonchev–Trinajstić information content (AvgIpc) is 3.22. The molecule has 3 aromatic heterocycles. The van der Waals surface area contributed by atoms with Gasteiger partial charge in [-0.15, -0.1) is 16.4 Å². The van der Waals surface area contributed by atoms with Gasteiger partial charge in [0.25, 0.3) is 4.84 Å². The van der Waals surface area contributed by atoms with Gasteiger partial charge >= 0.3 is 0 Å². The molecule has 26 heavy (non-hydrogen) atoms. The van der Waals surface area contributed by atoms with Gasteiger partial charge < -0.3 is 14.2 Å². The highest BCUT2D eigenvalue weighted by molar-refractivity contribution is 7.71. The van der Waals surface area contributed by atoms with E-state index < -0.39 is 0 Å². The zero-order valence-corrected chi connectivity index (χ0v) is 16.1. The lowest BCUT2D eigenvalue weighted by atomic mass is 10.3. The molecule has 0 bridgehead atoms. The lowest BCUT2D eigenvalue weighted by molar-refractivity contribution is -0.924. The first kappa shape index (κ1) is 17.3. The van der Waals surface area contributed by atoms with Crippen molar-refractivity contribution < 1.29 is 9.32 Å². The van der Waals surface area contributed by atoms with Crippen LogP contribution < -0.4 is 9.80 Å². The van der Waals surface area contributed by atoms with Crippen molar-refractivity contribution in [3.05, 3.63) is 45.3 Å². The quantitative estimate of drug-likeness (QED) is 0.643. The van der Waals surface area contributed by atoms with Gasteiger partial charge in [-0.25, -0.2) is 15.0 Å². The first-order valence-corrected chi connectivity index (χ1v) is 9.79. The van der Waals surface area contributed by atoms with Crippen LogP contribution in [0.4, 0.5) is 5.95 Å². The van der Waals surface area contributed by atoms with E-state index in [4.69, 9.17) is 16.6 Å². The first-order valence-electron chi connectivity index (χ1n) is 8.51. The molecule has 4 rings (SSSR count). The first-order chi connectivity index (χ1) is 12.7. The topological polar surface area (TPSA) is 77.3 Å². The number of anilines is 1. The summed E-state index contributed by atoms with van der Waals surface area (Å²) in [5.41, 5.74) is 0.972. The molecule has 0 spiro atoms. The second-order valence-electron chi connectivity index (χ2n) is 6.24. The molecule has 0 unspecified atom stereocenters. The Hall–Kier alpha value is -2.17. The smallest absolute Gasteiger partial charge is 0.291 e. The van der Waals surface area contributed by atoms with E-state index in [-0.39, 0.29) is 0 Å². The molecule has 0 radical (unpaired) electrons. The van der Waals surface area contributed by atoms with Crippen LogP contribution in [0.2, 0.25) is 0 Å². The molecule has 1 aliphatic rings. The zero-order chi connectivity index (χ0) is 17.9. The van der Waals surface area contributed by atoms with Crippen LogP contribution in [0.1, 0.15) is 16.6 Å². The molecule has 0 amide bonds. The van der Waals surface area contributed by atoms with Crippen molar-refractivity contribution in [3.63, 3.8) is 0 Å². The van der Waals surface area contributed by atoms with Crippen molar-refractivity contribution in [3.8, 4) is 0 Å². The number of thiazole rings is 1. The summed E-state index contributed by atoms with van der Waals surface area (Å²) in [7, 11) is 0. The van der Waals surface area contributed by atoms with E-state index in [0.717, 1.165) is 42.8 Å². The van der Waals surface area contributed by atoms with E-state index in [1.807, 2.05) is 18.4 Å². The van der Waals surface area contributed by atoms with Crippen LogP contribution in [-0.4, -0.2) is 50.9 Å². The largest absolute Gasteiger partial charge is 0.413 e. The van der Waals surface area contributed by atoms with E-state index in [1.54, 1.807) is 28.4 Å². The summed E-state index contributed by atoms with van der Waals surface area (Å²) in [6.07, 6.45) is 4.14. The maximum Gasteiger partial charge on any atom is 0.291 e. The summed E-state index contributed by atoms with van der Waals surface area (Å²) in [6.45, 7) is 6.49. The summed E-state index contributed by atoms with van der Waals surface area (Å²) in [5.74, 6) is 1.42. The molecule has 8 nitrogen and oxygen atoms in total. The van der Waals surface area contributed by atoms with Crippen LogP contribution in [0.15, 0.2) is 28.3 Å². The molecule has 0 saturated carbocycles. The third-order valence-electron chi connectivity index (χ3n) is 4.33. The summed E-state index contributed by atoms with van der Waals surface area (Å²) < 4.78 is 7.43. The second-order valence-corrected chi connectivity index (χ2v) is 7.65. The minimum absolute atomic E-state index is 0.424. The Kier molecular flexibility index (Phi) is 5.05. The Balaban J connectivity index is 1.35. The third-order valence-corrected chi connectivity index (χ3v) is 5.44. The second kappa shape index (κ2) is 7.60. The number of piperazine rings is 1. The Labute approximate surface area is 160 Å². The standard InChI is InChI=1S/C16H19N7OS2/c1-12-19-13(10-26-12)9-14-20-23(16(25)24-14)11-21-5-7-22(8-6-21)15-17-3-2-4-18-15/h2-4,10H,5-9,11H2,1H3/p+1. The van der Waals surface area contributed by atoms with Gasteiger partial charge in [-0.05, 0) is 25.2 Å². The molecule has 1 N–H and O–H groups in total. The molecular weight excluding hydrogens is 370 g/mol. The zero-order valence-electron chi connectivity index (χ0n) is 14.5. The van der Waals surface area contributed by atoms with Crippen LogP contribution in [0.3, 0.4) is 0 Å². The molecule has 0 aliphatic carbocycles. The molecule has 10 heteroatoms. The molecule has 1 fully saturated rings. The number of hydrogen-bond acceptors (Lipinski definition) is 8. The summed E-state index contributed by atoms with van der Waals surface area (Å²) >= 11 is 6.96. The average molecular weight is 391 g/mol. The van der Waals surface area contributed by atoms with Gasteiger partial charge in [0, 0.05) is 17.8 Å². The number of rotatable bonds is 5. The van der Waals surface area contributed by atoms with Gasteiger partial charge in [0.15, 0.2) is 6.67 Å². The summed E-state index contributed by atoms with van der Waals surface area (Å²) in [6, 6.07) is 1.84. The maximum absolute atomic E-state index is 5.65. The van der Waals surface area contributed by atoms with Crippen molar-refractivity contribution in [2.24, 2.45) is 0 Å². The van der Waals surface area contributed by atoms with Gasteiger partial charge in [-0.2, -0.15) is 4.68 Å². The fraction of sp³-hybridized carbons (Fsp3) is 0.438. The highest BCUT2D eigenvalue weighted by Crippen LogP contribution is 2.12. The molecule has 0 atom stereocenters. The molecular formula is C16H20N7OS2+. The number of quaternary nitrogens is 1.